The Hall–Kier alpha value is -0.160. The first kappa shape index (κ1) is 15.2. The molecule has 1 aromatic heterocycles. The van der Waals surface area contributed by atoms with Crippen molar-refractivity contribution in [1.82, 2.24) is 5.32 Å². The first-order valence-corrected chi connectivity index (χ1v) is 8.74. The van der Waals surface area contributed by atoms with Gasteiger partial charge in [-0.25, -0.2) is 0 Å². The second-order valence-corrected chi connectivity index (χ2v) is 8.27. The van der Waals surface area contributed by atoms with Crippen molar-refractivity contribution in [2.75, 3.05) is 6.54 Å². The summed E-state index contributed by atoms with van der Waals surface area (Å²) in [6.45, 7) is 5.30. The molecule has 0 aliphatic heterocycles. The molecule has 1 unspecified atom stereocenters. The van der Waals surface area contributed by atoms with Crippen LogP contribution in [0, 0.1) is 6.92 Å². The molecular weight excluding hydrogens is 386 g/mol. The molecule has 1 nitrogen and oxygen atoms in total. The molecule has 0 fully saturated rings. The zero-order valence-corrected chi connectivity index (χ0v) is 15.0. The summed E-state index contributed by atoms with van der Waals surface area (Å²) in [6.07, 6.45) is 1.02. The molecule has 0 radical (unpaired) electrons. The van der Waals surface area contributed by atoms with Gasteiger partial charge in [0.1, 0.15) is 0 Å². The topological polar surface area (TPSA) is 12.0 Å². The Kier molecular flexibility index (Phi) is 5.63. The van der Waals surface area contributed by atoms with E-state index in [4.69, 9.17) is 0 Å². The minimum Gasteiger partial charge on any atom is -0.310 e. The Morgan fingerprint density at radius 1 is 1.26 bits per heavy atom. The summed E-state index contributed by atoms with van der Waals surface area (Å²) in [5.74, 6) is 0. The van der Waals surface area contributed by atoms with E-state index in [1.165, 1.54) is 24.3 Å². The fourth-order valence-electron chi connectivity index (χ4n) is 2.19. The minimum absolute atomic E-state index is 0.350. The number of hydrogen-bond acceptors (Lipinski definition) is 2. The van der Waals surface area contributed by atoms with Crippen molar-refractivity contribution in [2.45, 2.75) is 26.3 Å². The van der Waals surface area contributed by atoms with Gasteiger partial charge < -0.3 is 5.32 Å². The number of thiophene rings is 1. The average Bonchev–Trinajstić information content (AvgIpc) is 2.70. The van der Waals surface area contributed by atoms with E-state index < -0.39 is 0 Å². The normalized spacial score (nSPS) is 12.6. The third-order valence-electron chi connectivity index (χ3n) is 3.19. The molecule has 102 valence electrons. The van der Waals surface area contributed by atoms with Gasteiger partial charge in [0.25, 0.3) is 0 Å². The average molecular weight is 403 g/mol. The van der Waals surface area contributed by atoms with Crippen LogP contribution in [0.15, 0.2) is 37.9 Å². The van der Waals surface area contributed by atoms with Gasteiger partial charge in [-0.2, -0.15) is 0 Å². The first-order chi connectivity index (χ1) is 9.11. The first-order valence-electron chi connectivity index (χ1n) is 6.34. The maximum atomic E-state index is 3.67. The highest BCUT2D eigenvalue weighted by molar-refractivity contribution is 9.12. The Morgan fingerprint density at radius 2 is 2.00 bits per heavy atom. The monoisotopic (exact) mass is 401 g/mol. The number of rotatable bonds is 5. The van der Waals surface area contributed by atoms with Crippen LogP contribution >= 0.6 is 43.2 Å². The van der Waals surface area contributed by atoms with E-state index in [-0.39, 0.29) is 0 Å². The van der Waals surface area contributed by atoms with E-state index >= 15 is 0 Å². The lowest BCUT2D eigenvalue weighted by molar-refractivity contribution is 0.548. The standard InChI is InChI=1S/C15H17Br2NS/c1-3-18-13(12-9-14(16)19-15(12)17)8-11-7-5-4-6-10(11)2/h4-7,9,13,18H,3,8H2,1-2H3. The van der Waals surface area contributed by atoms with Gasteiger partial charge in [-0.3, -0.25) is 0 Å². The Bertz CT molecular complexity index is 551. The van der Waals surface area contributed by atoms with E-state index in [1.54, 1.807) is 11.3 Å². The molecule has 1 atom stereocenters. The Balaban J connectivity index is 2.26. The van der Waals surface area contributed by atoms with Crippen molar-refractivity contribution in [3.05, 3.63) is 54.6 Å². The van der Waals surface area contributed by atoms with E-state index in [0.29, 0.717) is 6.04 Å². The van der Waals surface area contributed by atoms with Crippen LogP contribution in [-0.4, -0.2) is 6.54 Å². The molecule has 0 spiro atoms. The van der Waals surface area contributed by atoms with Gasteiger partial charge >= 0.3 is 0 Å². The largest absolute Gasteiger partial charge is 0.310 e. The van der Waals surface area contributed by atoms with Crippen LogP contribution in [0.5, 0.6) is 0 Å². The highest BCUT2D eigenvalue weighted by Gasteiger charge is 2.17. The van der Waals surface area contributed by atoms with Crippen molar-refractivity contribution in [2.24, 2.45) is 0 Å². The maximum absolute atomic E-state index is 3.67. The highest BCUT2D eigenvalue weighted by Crippen LogP contribution is 2.36. The summed E-state index contributed by atoms with van der Waals surface area (Å²) in [5, 5.41) is 3.58. The quantitative estimate of drug-likeness (QED) is 0.698. The van der Waals surface area contributed by atoms with Crippen molar-refractivity contribution in [3.8, 4) is 0 Å². The molecule has 0 aliphatic rings. The molecule has 2 rings (SSSR count). The van der Waals surface area contributed by atoms with Crippen LogP contribution < -0.4 is 5.32 Å². The predicted octanol–water partition coefficient (Wildman–Crippen LogP) is 5.47. The zero-order valence-electron chi connectivity index (χ0n) is 11.0. The van der Waals surface area contributed by atoms with Crippen molar-refractivity contribution >= 4 is 43.2 Å². The van der Waals surface area contributed by atoms with Crippen LogP contribution in [0.25, 0.3) is 0 Å². The fraction of sp³-hybridized carbons (Fsp3) is 0.333. The number of nitrogens with one attached hydrogen (secondary N) is 1. The van der Waals surface area contributed by atoms with Crippen LogP contribution in [0.4, 0.5) is 0 Å². The summed E-state index contributed by atoms with van der Waals surface area (Å²) in [5.41, 5.74) is 4.10. The summed E-state index contributed by atoms with van der Waals surface area (Å²) >= 11 is 8.96. The number of halogens is 2. The number of hydrogen-bond donors (Lipinski definition) is 1. The third kappa shape index (κ3) is 3.91. The predicted molar refractivity (Wildman–Crippen MR) is 91.0 cm³/mol. The highest BCUT2D eigenvalue weighted by atomic mass is 79.9. The molecular formula is C15H17Br2NS. The molecule has 0 amide bonds. The summed E-state index contributed by atoms with van der Waals surface area (Å²) in [7, 11) is 0. The summed E-state index contributed by atoms with van der Waals surface area (Å²) in [6, 6.07) is 11.2. The molecule has 1 aromatic carbocycles. The van der Waals surface area contributed by atoms with Gasteiger partial charge in [0.15, 0.2) is 0 Å². The van der Waals surface area contributed by atoms with Crippen LogP contribution in [-0.2, 0) is 6.42 Å². The lowest BCUT2D eigenvalue weighted by Crippen LogP contribution is -2.23. The SMILES string of the molecule is CCNC(Cc1ccccc1C)c1cc(Br)sc1Br. The molecule has 0 bridgehead atoms. The fourth-order valence-corrected chi connectivity index (χ4v) is 5.16. The van der Waals surface area contributed by atoms with Gasteiger partial charge in [-0.05, 0) is 74.5 Å². The second kappa shape index (κ2) is 7.02. The molecule has 1 N–H and O–H groups in total. The van der Waals surface area contributed by atoms with Gasteiger partial charge in [-0.15, -0.1) is 11.3 Å². The molecule has 0 saturated carbocycles. The molecule has 0 saturated heterocycles. The molecule has 4 heteroatoms. The Labute approximate surface area is 135 Å². The van der Waals surface area contributed by atoms with Crippen molar-refractivity contribution < 1.29 is 0 Å². The summed E-state index contributed by atoms with van der Waals surface area (Å²) < 4.78 is 2.38. The van der Waals surface area contributed by atoms with Crippen LogP contribution in [0.2, 0.25) is 0 Å². The van der Waals surface area contributed by atoms with E-state index in [0.717, 1.165) is 13.0 Å². The molecule has 2 aromatic rings. The summed E-state index contributed by atoms with van der Waals surface area (Å²) in [4.78, 5) is 0. The number of likely N-dealkylation sites (N-methyl/N-ethyl adjacent to an activating group) is 1. The van der Waals surface area contributed by atoms with Crippen molar-refractivity contribution in [1.29, 1.82) is 0 Å². The van der Waals surface area contributed by atoms with Gasteiger partial charge in [-0.1, -0.05) is 31.2 Å². The molecule has 19 heavy (non-hydrogen) atoms. The zero-order chi connectivity index (χ0) is 13.8. The molecule has 0 aliphatic carbocycles. The van der Waals surface area contributed by atoms with Gasteiger partial charge in [0.2, 0.25) is 0 Å². The third-order valence-corrected chi connectivity index (χ3v) is 5.58. The smallest absolute Gasteiger partial charge is 0.0758 e. The van der Waals surface area contributed by atoms with Gasteiger partial charge in [0.05, 0.1) is 7.57 Å². The van der Waals surface area contributed by atoms with E-state index in [2.05, 4.69) is 81.4 Å². The lowest BCUT2D eigenvalue weighted by Gasteiger charge is -2.19. The lowest BCUT2D eigenvalue weighted by atomic mass is 9.98. The number of benzene rings is 1. The van der Waals surface area contributed by atoms with E-state index in [1.807, 2.05) is 0 Å². The number of aryl methyl sites for hydroxylation is 1. The Morgan fingerprint density at radius 3 is 2.58 bits per heavy atom. The van der Waals surface area contributed by atoms with Crippen LogP contribution in [0.1, 0.15) is 29.7 Å². The van der Waals surface area contributed by atoms with Crippen molar-refractivity contribution in [3.63, 3.8) is 0 Å². The van der Waals surface area contributed by atoms with Gasteiger partial charge in [0, 0.05) is 6.04 Å². The molecule has 1 heterocycles. The maximum Gasteiger partial charge on any atom is 0.0758 e. The minimum atomic E-state index is 0.350. The van der Waals surface area contributed by atoms with E-state index in [9.17, 15) is 0 Å². The second-order valence-electron chi connectivity index (χ2n) is 4.52. The van der Waals surface area contributed by atoms with Crippen LogP contribution in [0.3, 0.4) is 0 Å².